The molecule has 194 valence electrons. The largest absolute Gasteiger partial charge is 0.416 e. The standard InChI is InChI=1S/C29H35F3N2O2/c30-29(31,32)25-8-4-7-24(18-25)28(36)33-19-27(35)17-23-15-16-34(20-23)26-13-11-22(12-14-26)10-9-21-5-2-1-3-6-21/h1-8,18,22-23,26H,9-17,19-20H2,(H,33,36). The molecule has 2 aromatic carbocycles. The van der Waals surface area contributed by atoms with Crippen LogP contribution in [0.5, 0.6) is 0 Å². The molecular weight excluding hydrogens is 465 g/mol. The van der Waals surface area contributed by atoms with Gasteiger partial charge in [0.25, 0.3) is 5.91 Å². The molecule has 1 N–H and O–H groups in total. The van der Waals surface area contributed by atoms with Crippen LogP contribution in [0.1, 0.15) is 66.4 Å². The minimum Gasteiger partial charge on any atom is -0.345 e. The fourth-order valence-corrected chi connectivity index (χ4v) is 5.69. The van der Waals surface area contributed by atoms with Gasteiger partial charge in [-0.05, 0) is 87.1 Å². The third kappa shape index (κ3) is 7.42. The van der Waals surface area contributed by atoms with Gasteiger partial charge in [-0.1, -0.05) is 36.4 Å². The fraction of sp³-hybridized carbons (Fsp3) is 0.517. The molecule has 1 aliphatic heterocycles. The normalized spacial score (nSPS) is 22.9. The number of amides is 1. The molecule has 1 heterocycles. The van der Waals surface area contributed by atoms with Crippen molar-refractivity contribution in [1.82, 2.24) is 10.2 Å². The number of carbonyl (C=O) groups is 2. The first-order valence-corrected chi connectivity index (χ1v) is 13.0. The van der Waals surface area contributed by atoms with Gasteiger partial charge in [0.2, 0.25) is 0 Å². The van der Waals surface area contributed by atoms with Gasteiger partial charge in [0.05, 0.1) is 12.1 Å². The smallest absolute Gasteiger partial charge is 0.345 e. The Morgan fingerprint density at radius 1 is 0.917 bits per heavy atom. The number of halogens is 3. The van der Waals surface area contributed by atoms with Gasteiger partial charge in [0.15, 0.2) is 5.78 Å². The molecule has 2 aliphatic rings. The summed E-state index contributed by atoms with van der Waals surface area (Å²) in [7, 11) is 0. The molecule has 1 unspecified atom stereocenters. The quantitative estimate of drug-likeness (QED) is 0.466. The second-order valence-electron chi connectivity index (χ2n) is 10.4. The van der Waals surface area contributed by atoms with E-state index in [1.807, 2.05) is 0 Å². The van der Waals surface area contributed by atoms with Crippen LogP contribution in [-0.2, 0) is 17.4 Å². The van der Waals surface area contributed by atoms with Crippen LogP contribution in [0.25, 0.3) is 0 Å². The van der Waals surface area contributed by atoms with Crippen LogP contribution in [0.4, 0.5) is 13.2 Å². The molecule has 7 heteroatoms. The van der Waals surface area contributed by atoms with Crippen LogP contribution in [0, 0.1) is 11.8 Å². The molecular formula is C29H35F3N2O2. The van der Waals surface area contributed by atoms with Gasteiger partial charge in [-0.15, -0.1) is 0 Å². The van der Waals surface area contributed by atoms with Crippen LogP contribution in [-0.4, -0.2) is 42.3 Å². The van der Waals surface area contributed by atoms with Crippen molar-refractivity contribution in [2.45, 2.75) is 63.6 Å². The van der Waals surface area contributed by atoms with Crippen molar-refractivity contribution in [3.05, 3.63) is 71.3 Å². The van der Waals surface area contributed by atoms with E-state index in [-0.39, 0.29) is 23.8 Å². The van der Waals surface area contributed by atoms with Gasteiger partial charge >= 0.3 is 6.18 Å². The highest BCUT2D eigenvalue weighted by Crippen LogP contribution is 2.34. The Hall–Kier alpha value is -2.67. The van der Waals surface area contributed by atoms with E-state index in [1.165, 1.54) is 49.8 Å². The van der Waals surface area contributed by atoms with Crippen LogP contribution in [0.2, 0.25) is 0 Å². The Kier molecular flexibility index (Phi) is 8.83. The lowest BCUT2D eigenvalue weighted by atomic mass is 9.82. The Balaban J connectivity index is 1.15. The highest BCUT2D eigenvalue weighted by atomic mass is 19.4. The first-order chi connectivity index (χ1) is 17.3. The van der Waals surface area contributed by atoms with Crippen molar-refractivity contribution in [3.8, 4) is 0 Å². The second kappa shape index (κ2) is 12.0. The molecule has 1 amide bonds. The summed E-state index contributed by atoms with van der Waals surface area (Å²) in [5.41, 5.74) is 0.444. The molecule has 1 saturated carbocycles. The van der Waals surface area contributed by atoms with E-state index < -0.39 is 17.6 Å². The lowest BCUT2D eigenvalue weighted by Crippen LogP contribution is -2.37. The lowest BCUT2D eigenvalue weighted by Gasteiger charge is -2.34. The predicted molar refractivity (Wildman–Crippen MR) is 134 cm³/mol. The van der Waals surface area contributed by atoms with E-state index in [2.05, 4.69) is 40.5 Å². The third-order valence-corrected chi connectivity index (χ3v) is 7.75. The molecule has 1 saturated heterocycles. The zero-order chi connectivity index (χ0) is 25.5. The SMILES string of the molecule is O=C(CNC(=O)c1cccc(C(F)(F)F)c1)CC1CCN(C2CCC(CCc3ccccc3)CC2)C1. The summed E-state index contributed by atoms with van der Waals surface area (Å²) in [5, 5.41) is 2.49. The van der Waals surface area contributed by atoms with E-state index in [0.29, 0.717) is 12.5 Å². The highest BCUT2D eigenvalue weighted by molar-refractivity contribution is 5.96. The van der Waals surface area contributed by atoms with Crippen molar-refractivity contribution in [2.75, 3.05) is 19.6 Å². The van der Waals surface area contributed by atoms with Crippen molar-refractivity contribution in [2.24, 2.45) is 11.8 Å². The molecule has 1 atom stereocenters. The van der Waals surface area contributed by atoms with E-state index in [1.54, 1.807) is 0 Å². The van der Waals surface area contributed by atoms with Crippen molar-refractivity contribution < 1.29 is 22.8 Å². The highest BCUT2D eigenvalue weighted by Gasteiger charge is 2.33. The maximum Gasteiger partial charge on any atom is 0.416 e. The zero-order valence-electron chi connectivity index (χ0n) is 20.6. The minimum atomic E-state index is -4.51. The molecule has 4 nitrogen and oxygen atoms in total. The number of rotatable bonds is 9. The van der Waals surface area contributed by atoms with Gasteiger partial charge in [-0.3, -0.25) is 9.59 Å². The van der Waals surface area contributed by atoms with E-state index in [0.717, 1.165) is 44.0 Å². The number of aryl methyl sites for hydroxylation is 1. The number of hydrogen-bond donors (Lipinski definition) is 1. The molecule has 0 radical (unpaired) electrons. The van der Waals surface area contributed by atoms with Crippen LogP contribution >= 0.6 is 0 Å². The summed E-state index contributed by atoms with van der Waals surface area (Å²) >= 11 is 0. The number of benzene rings is 2. The fourth-order valence-electron chi connectivity index (χ4n) is 5.69. The molecule has 2 aromatic rings. The van der Waals surface area contributed by atoms with Gasteiger partial charge in [-0.25, -0.2) is 0 Å². The number of alkyl halides is 3. The second-order valence-corrected chi connectivity index (χ2v) is 10.4. The minimum absolute atomic E-state index is 0.0770. The van der Waals surface area contributed by atoms with Gasteiger partial charge < -0.3 is 10.2 Å². The maximum atomic E-state index is 12.9. The predicted octanol–water partition coefficient (Wildman–Crippen LogP) is 5.91. The van der Waals surface area contributed by atoms with Crippen molar-refractivity contribution >= 4 is 11.7 Å². The average molecular weight is 501 g/mol. The van der Waals surface area contributed by atoms with E-state index in [4.69, 9.17) is 0 Å². The number of nitrogens with one attached hydrogen (secondary N) is 1. The van der Waals surface area contributed by atoms with Gasteiger partial charge in [-0.2, -0.15) is 13.2 Å². The zero-order valence-corrected chi connectivity index (χ0v) is 20.6. The number of ketones is 1. The number of likely N-dealkylation sites (tertiary alicyclic amines) is 1. The molecule has 2 fully saturated rings. The molecule has 4 rings (SSSR count). The average Bonchev–Trinajstić information content (AvgIpc) is 3.35. The first kappa shape index (κ1) is 26.4. The molecule has 1 aliphatic carbocycles. The summed E-state index contributed by atoms with van der Waals surface area (Å²) in [4.78, 5) is 27.2. The Morgan fingerprint density at radius 2 is 1.67 bits per heavy atom. The number of hydrogen-bond acceptors (Lipinski definition) is 3. The van der Waals surface area contributed by atoms with E-state index in [9.17, 15) is 22.8 Å². The van der Waals surface area contributed by atoms with Gasteiger partial charge in [0.1, 0.15) is 0 Å². The van der Waals surface area contributed by atoms with Crippen LogP contribution in [0.3, 0.4) is 0 Å². The first-order valence-electron chi connectivity index (χ1n) is 13.0. The molecule has 0 bridgehead atoms. The maximum absolute atomic E-state index is 12.9. The van der Waals surface area contributed by atoms with Crippen LogP contribution < -0.4 is 5.32 Å². The summed E-state index contributed by atoms with van der Waals surface area (Å²) in [6, 6.07) is 15.5. The lowest BCUT2D eigenvalue weighted by molar-refractivity contribution is -0.137. The molecule has 0 spiro atoms. The topological polar surface area (TPSA) is 49.4 Å². The third-order valence-electron chi connectivity index (χ3n) is 7.75. The van der Waals surface area contributed by atoms with Crippen molar-refractivity contribution in [3.63, 3.8) is 0 Å². The summed E-state index contributed by atoms with van der Waals surface area (Å²) in [5.74, 6) is 0.332. The summed E-state index contributed by atoms with van der Waals surface area (Å²) in [6.07, 6.45) is 4.21. The Bertz CT molecular complexity index is 1020. The van der Waals surface area contributed by atoms with Gasteiger partial charge in [0, 0.05) is 24.6 Å². The van der Waals surface area contributed by atoms with Crippen molar-refractivity contribution in [1.29, 1.82) is 0 Å². The van der Waals surface area contributed by atoms with E-state index >= 15 is 0 Å². The number of Topliss-reactive ketones (excluding diaryl/α,β-unsaturated/α-hetero) is 1. The Morgan fingerprint density at radius 3 is 2.39 bits per heavy atom. The number of carbonyl (C=O) groups excluding carboxylic acids is 2. The molecule has 0 aromatic heterocycles. The summed E-state index contributed by atoms with van der Waals surface area (Å²) in [6.45, 7) is 1.76. The summed E-state index contributed by atoms with van der Waals surface area (Å²) < 4.78 is 38.6. The number of nitrogens with zero attached hydrogens (tertiary/aromatic N) is 1. The van der Waals surface area contributed by atoms with Crippen LogP contribution in [0.15, 0.2) is 54.6 Å². The Labute approximate surface area is 211 Å². The molecule has 36 heavy (non-hydrogen) atoms. The monoisotopic (exact) mass is 500 g/mol.